The molecular formula is C26H31N3O5. The van der Waals surface area contributed by atoms with E-state index in [0.717, 1.165) is 6.42 Å². The van der Waals surface area contributed by atoms with Crippen molar-refractivity contribution in [3.05, 3.63) is 65.7 Å². The second-order valence-electron chi connectivity index (χ2n) is 8.63. The summed E-state index contributed by atoms with van der Waals surface area (Å²) in [5, 5.41) is 2.90. The van der Waals surface area contributed by atoms with Gasteiger partial charge in [0.1, 0.15) is 17.5 Å². The molecule has 0 aromatic heterocycles. The third-order valence-electron chi connectivity index (χ3n) is 6.50. The first-order valence-corrected chi connectivity index (χ1v) is 11.7. The van der Waals surface area contributed by atoms with Crippen molar-refractivity contribution in [2.75, 3.05) is 33.4 Å². The maximum absolute atomic E-state index is 13.6. The summed E-state index contributed by atoms with van der Waals surface area (Å²) in [5.74, 6) is 0.0872. The SMILES string of the molecule is CCCNC(=O)[C@@H]1COC2(CCN(C(=O)c3cccc(OC)c3)CC2)N1C(=O)c1ccccc1. The minimum atomic E-state index is -0.924. The van der Waals surface area contributed by atoms with Crippen molar-refractivity contribution in [1.29, 1.82) is 0 Å². The van der Waals surface area contributed by atoms with Gasteiger partial charge in [-0.1, -0.05) is 31.2 Å². The Hall–Kier alpha value is -3.39. The molecule has 8 heteroatoms. The fourth-order valence-electron chi connectivity index (χ4n) is 4.65. The van der Waals surface area contributed by atoms with E-state index in [4.69, 9.17) is 9.47 Å². The van der Waals surface area contributed by atoms with Gasteiger partial charge in [-0.2, -0.15) is 0 Å². The van der Waals surface area contributed by atoms with Crippen molar-refractivity contribution in [1.82, 2.24) is 15.1 Å². The van der Waals surface area contributed by atoms with Crippen LogP contribution in [0, 0.1) is 0 Å². The van der Waals surface area contributed by atoms with E-state index >= 15 is 0 Å². The number of amides is 3. The van der Waals surface area contributed by atoms with Crippen LogP contribution in [-0.2, 0) is 9.53 Å². The zero-order valence-electron chi connectivity index (χ0n) is 19.7. The van der Waals surface area contributed by atoms with E-state index in [1.165, 1.54) is 0 Å². The van der Waals surface area contributed by atoms with Crippen LogP contribution in [0.3, 0.4) is 0 Å². The summed E-state index contributed by atoms with van der Waals surface area (Å²) in [6, 6.07) is 15.3. The zero-order chi connectivity index (χ0) is 24.1. The summed E-state index contributed by atoms with van der Waals surface area (Å²) >= 11 is 0. The van der Waals surface area contributed by atoms with Crippen LogP contribution in [-0.4, -0.2) is 72.6 Å². The van der Waals surface area contributed by atoms with Gasteiger partial charge in [0.2, 0.25) is 5.91 Å². The second-order valence-corrected chi connectivity index (χ2v) is 8.63. The molecule has 0 aliphatic carbocycles. The second kappa shape index (κ2) is 10.3. The number of hydrogen-bond acceptors (Lipinski definition) is 5. The predicted molar refractivity (Wildman–Crippen MR) is 127 cm³/mol. The average molecular weight is 466 g/mol. The molecule has 2 aliphatic heterocycles. The first-order valence-electron chi connectivity index (χ1n) is 11.7. The maximum Gasteiger partial charge on any atom is 0.256 e. The lowest BCUT2D eigenvalue weighted by Crippen LogP contribution is -2.59. The molecule has 0 unspecified atom stereocenters. The lowest BCUT2D eigenvalue weighted by Gasteiger charge is -2.44. The van der Waals surface area contributed by atoms with Crippen LogP contribution in [0.5, 0.6) is 5.75 Å². The molecule has 2 aliphatic rings. The van der Waals surface area contributed by atoms with E-state index in [-0.39, 0.29) is 24.3 Å². The Morgan fingerprint density at radius 3 is 2.41 bits per heavy atom. The molecule has 0 bridgehead atoms. The molecule has 2 aromatic rings. The van der Waals surface area contributed by atoms with E-state index in [2.05, 4.69) is 5.32 Å². The summed E-state index contributed by atoms with van der Waals surface area (Å²) in [4.78, 5) is 43.0. The predicted octanol–water partition coefficient (Wildman–Crippen LogP) is 2.69. The van der Waals surface area contributed by atoms with E-state index in [9.17, 15) is 14.4 Å². The van der Waals surface area contributed by atoms with E-state index in [1.807, 2.05) is 13.0 Å². The Labute approximate surface area is 199 Å². The number of benzene rings is 2. The third kappa shape index (κ3) is 4.63. The number of nitrogens with one attached hydrogen (secondary N) is 1. The maximum atomic E-state index is 13.6. The standard InChI is InChI=1S/C26H31N3O5/c1-3-14-27-23(30)22-18-34-26(29(22)25(32)19-8-5-4-6-9-19)12-15-28(16-13-26)24(31)20-10-7-11-21(17-20)33-2/h4-11,17,22H,3,12-16,18H2,1-2H3,(H,27,30)/t22-/m0/s1. The molecule has 2 fully saturated rings. The van der Waals surface area contributed by atoms with E-state index in [0.29, 0.717) is 49.4 Å². The Morgan fingerprint density at radius 1 is 1.03 bits per heavy atom. The lowest BCUT2D eigenvalue weighted by molar-refractivity contribution is -0.128. The number of methoxy groups -OCH3 is 1. The number of rotatable bonds is 6. The Morgan fingerprint density at radius 2 is 1.74 bits per heavy atom. The number of likely N-dealkylation sites (tertiary alicyclic amines) is 1. The number of piperidine rings is 1. The largest absolute Gasteiger partial charge is 0.497 e. The van der Waals surface area contributed by atoms with Gasteiger partial charge in [-0.05, 0) is 36.8 Å². The molecule has 1 spiro atoms. The van der Waals surface area contributed by atoms with Crippen LogP contribution in [0.25, 0.3) is 0 Å². The molecule has 4 rings (SSSR count). The first kappa shape index (κ1) is 23.8. The minimum absolute atomic E-state index is 0.0927. The molecule has 8 nitrogen and oxygen atoms in total. The van der Waals surface area contributed by atoms with Crippen molar-refractivity contribution >= 4 is 17.7 Å². The highest BCUT2D eigenvalue weighted by molar-refractivity contribution is 5.98. The highest BCUT2D eigenvalue weighted by Gasteiger charge is 2.54. The highest BCUT2D eigenvalue weighted by atomic mass is 16.5. The molecule has 0 radical (unpaired) electrons. The van der Waals surface area contributed by atoms with Crippen LogP contribution in [0.1, 0.15) is 46.9 Å². The summed E-state index contributed by atoms with van der Waals surface area (Å²) in [6.45, 7) is 3.49. The number of ether oxygens (including phenoxy) is 2. The van der Waals surface area contributed by atoms with E-state index < -0.39 is 11.8 Å². The Kier molecular flexibility index (Phi) is 7.17. The van der Waals surface area contributed by atoms with Crippen molar-refractivity contribution < 1.29 is 23.9 Å². The molecule has 2 heterocycles. The molecule has 3 amide bonds. The summed E-state index contributed by atoms with van der Waals surface area (Å²) < 4.78 is 11.4. The van der Waals surface area contributed by atoms with Crippen LogP contribution in [0.4, 0.5) is 0 Å². The molecule has 2 aromatic carbocycles. The minimum Gasteiger partial charge on any atom is -0.497 e. The number of carbonyl (C=O) groups is 3. The van der Waals surface area contributed by atoms with Gasteiger partial charge in [0, 0.05) is 43.6 Å². The number of hydrogen-bond donors (Lipinski definition) is 1. The first-order chi connectivity index (χ1) is 16.5. The molecule has 34 heavy (non-hydrogen) atoms. The lowest BCUT2D eigenvalue weighted by atomic mass is 9.96. The van der Waals surface area contributed by atoms with Crippen molar-refractivity contribution in [2.45, 2.75) is 38.0 Å². The fourth-order valence-corrected chi connectivity index (χ4v) is 4.65. The fraction of sp³-hybridized carbons (Fsp3) is 0.423. The van der Waals surface area contributed by atoms with Crippen molar-refractivity contribution in [3.63, 3.8) is 0 Å². The van der Waals surface area contributed by atoms with Crippen LogP contribution < -0.4 is 10.1 Å². The molecule has 1 N–H and O–H groups in total. The van der Waals surface area contributed by atoms with Gasteiger partial charge in [-0.3, -0.25) is 19.3 Å². The normalized spacial score (nSPS) is 19.2. The van der Waals surface area contributed by atoms with Gasteiger partial charge in [-0.15, -0.1) is 0 Å². The van der Waals surface area contributed by atoms with Gasteiger partial charge in [0.15, 0.2) is 0 Å². The third-order valence-corrected chi connectivity index (χ3v) is 6.50. The van der Waals surface area contributed by atoms with Crippen LogP contribution >= 0.6 is 0 Å². The molecular weight excluding hydrogens is 434 g/mol. The average Bonchev–Trinajstić information content (AvgIpc) is 3.25. The van der Waals surface area contributed by atoms with Gasteiger partial charge in [0.25, 0.3) is 11.8 Å². The van der Waals surface area contributed by atoms with E-state index in [1.54, 1.807) is 65.4 Å². The Bertz CT molecular complexity index is 1030. The van der Waals surface area contributed by atoms with Gasteiger partial charge in [0.05, 0.1) is 13.7 Å². The summed E-state index contributed by atoms with van der Waals surface area (Å²) in [5.41, 5.74) is 0.138. The monoisotopic (exact) mass is 465 g/mol. The quantitative estimate of drug-likeness (QED) is 0.709. The zero-order valence-corrected chi connectivity index (χ0v) is 19.7. The topological polar surface area (TPSA) is 88.2 Å². The summed E-state index contributed by atoms with van der Waals surface area (Å²) in [6.07, 6.45) is 1.66. The highest BCUT2D eigenvalue weighted by Crippen LogP contribution is 2.39. The molecule has 2 saturated heterocycles. The summed E-state index contributed by atoms with van der Waals surface area (Å²) in [7, 11) is 1.57. The van der Waals surface area contributed by atoms with Gasteiger partial charge >= 0.3 is 0 Å². The number of carbonyl (C=O) groups excluding carboxylic acids is 3. The van der Waals surface area contributed by atoms with Gasteiger partial charge in [-0.25, -0.2) is 0 Å². The van der Waals surface area contributed by atoms with Crippen LogP contribution in [0.2, 0.25) is 0 Å². The van der Waals surface area contributed by atoms with Crippen molar-refractivity contribution in [2.24, 2.45) is 0 Å². The van der Waals surface area contributed by atoms with Crippen LogP contribution in [0.15, 0.2) is 54.6 Å². The van der Waals surface area contributed by atoms with Crippen molar-refractivity contribution in [3.8, 4) is 5.75 Å². The smallest absolute Gasteiger partial charge is 0.256 e. The molecule has 1 atom stereocenters. The number of nitrogens with zero attached hydrogens (tertiary/aromatic N) is 2. The van der Waals surface area contributed by atoms with Gasteiger partial charge < -0.3 is 19.7 Å². The molecule has 180 valence electrons. The molecule has 0 saturated carbocycles. The Balaban J connectivity index is 1.55.